The van der Waals surface area contributed by atoms with E-state index >= 15 is 0 Å². The third-order valence-corrected chi connectivity index (χ3v) is 3.03. The summed E-state index contributed by atoms with van der Waals surface area (Å²) in [5.74, 6) is -1.06. The molecule has 0 saturated heterocycles. The number of nitrogens with two attached hydrogens (primary N) is 1. The monoisotopic (exact) mass is 302 g/mol. The summed E-state index contributed by atoms with van der Waals surface area (Å²) >= 11 is 3.26. The molecule has 0 fully saturated rings. The Hall–Kier alpha value is -0.940. The van der Waals surface area contributed by atoms with Crippen LogP contribution < -0.4 is 11.1 Å². The molecule has 0 heterocycles. The number of rotatable bonds is 4. The Kier molecular flexibility index (Phi) is 4.27. The fraction of sp³-hybridized carbons (Fsp3) is 0.417. The first kappa shape index (κ1) is 14.1. The molecule has 0 aliphatic carbocycles. The summed E-state index contributed by atoms with van der Waals surface area (Å²) in [4.78, 5) is 11.6. The van der Waals surface area contributed by atoms with Crippen LogP contribution in [0, 0.1) is 5.82 Å². The number of benzene rings is 1. The minimum absolute atomic E-state index is 0.00545. The third-order valence-electron chi connectivity index (χ3n) is 2.54. The largest absolute Gasteiger partial charge is 0.368 e. The second kappa shape index (κ2) is 5.14. The zero-order chi connectivity index (χ0) is 13.2. The van der Waals surface area contributed by atoms with Gasteiger partial charge in [0, 0.05) is 16.1 Å². The molecular formula is C12H16BrFN2O. The van der Waals surface area contributed by atoms with Crippen molar-refractivity contribution in [2.45, 2.75) is 32.4 Å². The van der Waals surface area contributed by atoms with Crippen LogP contribution in [-0.2, 0) is 10.3 Å². The number of hydrogen-bond acceptors (Lipinski definition) is 2. The van der Waals surface area contributed by atoms with E-state index in [9.17, 15) is 9.18 Å². The highest BCUT2D eigenvalue weighted by Crippen LogP contribution is 2.27. The van der Waals surface area contributed by atoms with E-state index in [0.29, 0.717) is 4.47 Å². The summed E-state index contributed by atoms with van der Waals surface area (Å²) in [7, 11) is 0. The van der Waals surface area contributed by atoms with Crippen molar-refractivity contribution in [2.24, 2.45) is 5.73 Å². The highest BCUT2D eigenvalue weighted by Gasteiger charge is 2.36. The quantitative estimate of drug-likeness (QED) is 0.896. The van der Waals surface area contributed by atoms with Crippen LogP contribution in [0.5, 0.6) is 0 Å². The predicted octanol–water partition coefficient (Wildman–Crippen LogP) is 2.29. The van der Waals surface area contributed by atoms with E-state index in [-0.39, 0.29) is 11.6 Å². The number of carbonyl (C=O) groups is 1. The molecule has 1 aromatic rings. The van der Waals surface area contributed by atoms with E-state index in [4.69, 9.17) is 5.73 Å². The Morgan fingerprint density at radius 3 is 2.59 bits per heavy atom. The number of hydrogen-bond donors (Lipinski definition) is 2. The Labute approximate surface area is 109 Å². The number of carbonyl (C=O) groups excluding carboxylic acids is 1. The summed E-state index contributed by atoms with van der Waals surface area (Å²) < 4.78 is 14.5. The second-order valence-corrected chi connectivity index (χ2v) is 5.33. The van der Waals surface area contributed by atoms with Gasteiger partial charge in [0.15, 0.2) is 0 Å². The van der Waals surface area contributed by atoms with Crippen LogP contribution in [0.15, 0.2) is 22.7 Å². The standard InChI is InChI=1S/C12H16BrFN2O/c1-7(2)16-12(3,11(15)17)9-6-8(13)4-5-10(9)14/h4-7,16H,1-3H3,(H2,15,17). The summed E-state index contributed by atoms with van der Waals surface area (Å²) in [5, 5.41) is 3.00. The highest BCUT2D eigenvalue weighted by molar-refractivity contribution is 9.10. The highest BCUT2D eigenvalue weighted by atomic mass is 79.9. The summed E-state index contributed by atoms with van der Waals surface area (Å²) in [6.07, 6.45) is 0. The number of amides is 1. The van der Waals surface area contributed by atoms with E-state index in [1.54, 1.807) is 19.1 Å². The first-order valence-corrected chi connectivity index (χ1v) is 6.10. The van der Waals surface area contributed by atoms with Gasteiger partial charge in [-0.25, -0.2) is 4.39 Å². The molecule has 5 heteroatoms. The lowest BCUT2D eigenvalue weighted by Crippen LogP contribution is -2.53. The van der Waals surface area contributed by atoms with E-state index in [0.717, 1.165) is 0 Å². The summed E-state index contributed by atoms with van der Waals surface area (Å²) in [6, 6.07) is 4.46. The van der Waals surface area contributed by atoms with Gasteiger partial charge in [0.05, 0.1) is 0 Å². The first-order chi connectivity index (χ1) is 7.77. The second-order valence-electron chi connectivity index (χ2n) is 4.41. The van der Waals surface area contributed by atoms with Crippen LogP contribution in [0.1, 0.15) is 26.3 Å². The van der Waals surface area contributed by atoms with E-state index < -0.39 is 17.3 Å². The van der Waals surface area contributed by atoms with E-state index in [2.05, 4.69) is 21.2 Å². The van der Waals surface area contributed by atoms with Crippen molar-refractivity contribution < 1.29 is 9.18 Å². The minimum Gasteiger partial charge on any atom is -0.368 e. The van der Waals surface area contributed by atoms with Crippen LogP contribution in [-0.4, -0.2) is 11.9 Å². The maximum atomic E-state index is 13.8. The Morgan fingerprint density at radius 1 is 1.53 bits per heavy atom. The van der Waals surface area contributed by atoms with Gasteiger partial charge in [-0.15, -0.1) is 0 Å². The predicted molar refractivity (Wildman–Crippen MR) is 68.9 cm³/mol. The van der Waals surface area contributed by atoms with Crippen molar-refractivity contribution in [1.29, 1.82) is 0 Å². The molecule has 0 spiro atoms. The van der Waals surface area contributed by atoms with Gasteiger partial charge in [-0.1, -0.05) is 15.9 Å². The van der Waals surface area contributed by atoms with Gasteiger partial charge in [0.25, 0.3) is 0 Å². The first-order valence-electron chi connectivity index (χ1n) is 5.30. The maximum Gasteiger partial charge on any atom is 0.242 e. The van der Waals surface area contributed by atoms with Crippen molar-refractivity contribution >= 4 is 21.8 Å². The molecule has 1 amide bonds. The van der Waals surface area contributed by atoms with E-state index in [1.807, 2.05) is 13.8 Å². The molecule has 1 aromatic carbocycles. The Balaban J connectivity index is 3.31. The van der Waals surface area contributed by atoms with Crippen LogP contribution in [0.4, 0.5) is 4.39 Å². The Bertz CT molecular complexity index is 437. The number of halogens is 2. The van der Waals surface area contributed by atoms with Crippen LogP contribution >= 0.6 is 15.9 Å². The zero-order valence-electron chi connectivity index (χ0n) is 10.1. The number of primary amides is 1. The lowest BCUT2D eigenvalue weighted by atomic mass is 9.90. The average molecular weight is 303 g/mol. The molecular weight excluding hydrogens is 287 g/mol. The average Bonchev–Trinajstić information content (AvgIpc) is 2.20. The smallest absolute Gasteiger partial charge is 0.242 e. The molecule has 17 heavy (non-hydrogen) atoms. The molecule has 3 nitrogen and oxygen atoms in total. The SMILES string of the molecule is CC(C)NC(C)(C(N)=O)c1cc(Br)ccc1F. The summed E-state index contributed by atoms with van der Waals surface area (Å²) in [5.41, 5.74) is 4.41. The van der Waals surface area contributed by atoms with Gasteiger partial charge < -0.3 is 5.73 Å². The van der Waals surface area contributed by atoms with Crippen molar-refractivity contribution in [3.05, 3.63) is 34.1 Å². The number of nitrogens with one attached hydrogen (secondary N) is 1. The fourth-order valence-electron chi connectivity index (χ4n) is 1.74. The Morgan fingerprint density at radius 2 is 2.12 bits per heavy atom. The van der Waals surface area contributed by atoms with Crippen molar-refractivity contribution in [2.75, 3.05) is 0 Å². The topological polar surface area (TPSA) is 55.1 Å². The molecule has 0 aliphatic rings. The van der Waals surface area contributed by atoms with E-state index in [1.165, 1.54) is 6.07 Å². The molecule has 0 aromatic heterocycles. The normalized spacial score (nSPS) is 14.7. The molecule has 1 atom stereocenters. The molecule has 0 saturated carbocycles. The minimum atomic E-state index is -1.22. The van der Waals surface area contributed by atoms with Gasteiger partial charge in [-0.05, 0) is 39.0 Å². The van der Waals surface area contributed by atoms with Gasteiger partial charge in [0.2, 0.25) is 5.91 Å². The molecule has 1 unspecified atom stereocenters. The molecule has 0 aliphatic heterocycles. The van der Waals surface area contributed by atoms with Gasteiger partial charge in [-0.2, -0.15) is 0 Å². The third kappa shape index (κ3) is 3.04. The molecule has 3 N–H and O–H groups in total. The molecule has 94 valence electrons. The van der Waals surface area contributed by atoms with Gasteiger partial charge in [0.1, 0.15) is 11.4 Å². The zero-order valence-corrected chi connectivity index (χ0v) is 11.6. The van der Waals surface area contributed by atoms with Crippen LogP contribution in [0.2, 0.25) is 0 Å². The molecule has 0 radical (unpaired) electrons. The lowest BCUT2D eigenvalue weighted by molar-refractivity contribution is -0.124. The molecule has 0 bridgehead atoms. The van der Waals surface area contributed by atoms with Crippen LogP contribution in [0.25, 0.3) is 0 Å². The van der Waals surface area contributed by atoms with Crippen molar-refractivity contribution in [3.8, 4) is 0 Å². The fourth-order valence-corrected chi connectivity index (χ4v) is 2.10. The maximum absolute atomic E-state index is 13.8. The van der Waals surface area contributed by atoms with Crippen molar-refractivity contribution in [1.82, 2.24) is 5.32 Å². The molecule has 1 rings (SSSR count). The van der Waals surface area contributed by atoms with Crippen molar-refractivity contribution in [3.63, 3.8) is 0 Å². The summed E-state index contributed by atoms with van der Waals surface area (Å²) in [6.45, 7) is 5.33. The van der Waals surface area contributed by atoms with Gasteiger partial charge >= 0.3 is 0 Å². The van der Waals surface area contributed by atoms with Crippen LogP contribution in [0.3, 0.4) is 0 Å². The van der Waals surface area contributed by atoms with Gasteiger partial charge in [-0.3, -0.25) is 10.1 Å². The lowest BCUT2D eigenvalue weighted by Gasteiger charge is -2.30.